The minimum Gasteiger partial charge on any atom is -0.508 e. The molecular weight excluding hydrogens is 288 g/mol. The Balaban J connectivity index is 1.49. The monoisotopic (exact) mass is 317 g/mol. The molecule has 2 N–H and O–H groups in total. The minimum atomic E-state index is 0.230. The molecule has 1 aromatic rings. The van der Waals surface area contributed by atoms with Crippen LogP contribution in [-0.4, -0.2) is 42.1 Å². The number of phenolic OH excluding ortho intramolecular Hbond substituents is 1. The molecule has 0 radical (unpaired) electrons. The van der Waals surface area contributed by atoms with Gasteiger partial charge in [0.25, 0.3) is 0 Å². The molecule has 1 amide bonds. The summed E-state index contributed by atoms with van der Waals surface area (Å²) < 4.78 is 0. The highest BCUT2D eigenvalue weighted by molar-refractivity contribution is 5.79. The van der Waals surface area contributed by atoms with E-state index in [2.05, 4.69) is 17.9 Å². The van der Waals surface area contributed by atoms with Crippen molar-refractivity contribution < 1.29 is 14.8 Å². The van der Waals surface area contributed by atoms with Crippen LogP contribution in [-0.2, 0) is 11.3 Å². The molecule has 0 aromatic heterocycles. The number of phenols is 1. The van der Waals surface area contributed by atoms with Gasteiger partial charge in [-0.25, -0.2) is 0 Å². The molecule has 0 bridgehead atoms. The molecule has 0 saturated carbocycles. The quantitative estimate of drug-likeness (QED) is 0.886. The summed E-state index contributed by atoms with van der Waals surface area (Å²) in [5.41, 5.74) is 1.18. The van der Waals surface area contributed by atoms with Crippen molar-refractivity contribution in [2.45, 2.75) is 39.2 Å². The van der Waals surface area contributed by atoms with Gasteiger partial charge in [-0.2, -0.15) is 0 Å². The van der Waals surface area contributed by atoms with Crippen LogP contribution in [0.5, 0.6) is 5.75 Å². The second kappa shape index (κ2) is 7.35. The van der Waals surface area contributed by atoms with Crippen molar-refractivity contribution in [2.75, 3.05) is 26.2 Å². The number of nitrogens with one attached hydrogen (secondary N) is 1. The summed E-state index contributed by atoms with van der Waals surface area (Å²) in [6, 6.07) is 7.53. The number of piperidine rings is 2. The second-order valence-electron chi connectivity index (χ2n) is 7.40. The summed E-state index contributed by atoms with van der Waals surface area (Å²) in [6.07, 6.45) is 4.42. The van der Waals surface area contributed by atoms with Gasteiger partial charge in [0.15, 0.2) is 0 Å². The first-order chi connectivity index (χ1) is 11.1. The van der Waals surface area contributed by atoms with Gasteiger partial charge in [-0.3, -0.25) is 4.79 Å². The van der Waals surface area contributed by atoms with Gasteiger partial charge in [-0.1, -0.05) is 19.1 Å². The molecule has 4 nitrogen and oxygen atoms in total. The minimum absolute atomic E-state index is 0.230. The smallest absolute Gasteiger partial charge is 0.226 e. The Morgan fingerprint density at radius 3 is 2.78 bits per heavy atom. The van der Waals surface area contributed by atoms with E-state index in [9.17, 15) is 9.90 Å². The molecule has 2 aliphatic rings. The molecule has 2 saturated heterocycles. The molecule has 3 rings (SSSR count). The second-order valence-corrected chi connectivity index (χ2v) is 7.40. The van der Waals surface area contributed by atoms with Crippen LogP contribution in [0, 0.1) is 11.8 Å². The van der Waals surface area contributed by atoms with Crippen molar-refractivity contribution in [1.82, 2.24) is 4.90 Å². The first kappa shape index (κ1) is 16.3. The van der Waals surface area contributed by atoms with E-state index < -0.39 is 0 Å². The summed E-state index contributed by atoms with van der Waals surface area (Å²) in [6.45, 7) is 7.21. The molecule has 23 heavy (non-hydrogen) atoms. The van der Waals surface area contributed by atoms with Gasteiger partial charge >= 0.3 is 0 Å². The Bertz CT molecular complexity index is 538. The van der Waals surface area contributed by atoms with Crippen LogP contribution >= 0.6 is 0 Å². The van der Waals surface area contributed by atoms with E-state index in [0.717, 1.165) is 52.0 Å². The normalized spacial score (nSPS) is 28.6. The van der Waals surface area contributed by atoms with E-state index in [4.69, 9.17) is 0 Å². The zero-order chi connectivity index (χ0) is 16.2. The number of likely N-dealkylation sites (tertiary alicyclic amines) is 2. The van der Waals surface area contributed by atoms with Crippen LogP contribution in [0.1, 0.15) is 38.2 Å². The van der Waals surface area contributed by atoms with Crippen molar-refractivity contribution in [1.29, 1.82) is 0 Å². The molecular formula is C19H29N2O2+. The molecule has 0 unspecified atom stereocenters. The van der Waals surface area contributed by atoms with Crippen molar-refractivity contribution in [3.8, 4) is 5.75 Å². The maximum Gasteiger partial charge on any atom is 0.226 e. The third kappa shape index (κ3) is 4.25. The zero-order valence-electron chi connectivity index (χ0n) is 14.1. The first-order valence-electron chi connectivity index (χ1n) is 9.02. The molecule has 1 aromatic carbocycles. The first-order valence-corrected chi connectivity index (χ1v) is 9.02. The largest absolute Gasteiger partial charge is 0.508 e. The maximum absolute atomic E-state index is 12.7. The van der Waals surface area contributed by atoms with Crippen LogP contribution in [0.2, 0.25) is 0 Å². The predicted octanol–water partition coefficient (Wildman–Crippen LogP) is 1.45. The molecule has 2 heterocycles. The van der Waals surface area contributed by atoms with Crippen molar-refractivity contribution in [2.24, 2.45) is 11.8 Å². The predicted molar refractivity (Wildman–Crippen MR) is 90.2 cm³/mol. The molecule has 4 heteroatoms. The highest BCUT2D eigenvalue weighted by atomic mass is 16.3. The lowest BCUT2D eigenvalue weighted by Crippen LogP contribution is -3.11. The number of hydrogen-bond donors (Lipinski definition) is 2. The topological polar surface area (TPSA) is 45.0 Å². The fourth-order valence-electron chi connectivity index (χ4n) is 4.05. The lowest BCUT2D eigenvalue weighted by Gasteiger charge is -2.36. The number of nitrogens with zero attached hydrogens (tertiary/aromatic N) is 1. The molecule has 2 aliphatic heterocycles. The standard InChI is InChI=1S/C19H28N2O2/c1-15-4-3-9-21(13-15)19(23)17-7-10-20(11-8-17)14-16-5-2-6-18(22)12-16/h2,5-6,12,15,17,22H,3-4,7-11,13-14H2,1H3/p+1/t15-/m1/s1. The Hall–Kier alpha value is -1.55. The lowest BCUT2D eigenvalue weighted by molar-refractivity contribution is -0.919. The van der Waals surface area contributed by atoms with Gasteiger partial charge < -0.3 is 14.9 Å². The van der Waals surface area contributed by atoms with Crippen molar-refractivity contribution in [3.05, 3.63) is 29.8 Å². The zero-order valence-corrected chi connectivity index (χ0v) is 14.1. The summed E-state index contributed by atoms with van der Waals surface area (Å²) >= 11 is 0. The molecule has 126 valence electrons. The average Bonchev–Trinajstić information content (AvgIpc) is 2.55. The van der Waals surface area contributed by atoms with Crippen LogP contribution in [0.3, 0.4) is 0 Å². The molecule has 0 aliphatic carbocycles. The van der Waals surface area contributed by atoms with E-state index in [1.807, 2.05) is 12.1 Å². The fraction of sp³-hybridized carbons (Fsp3) is 0.632. The van der Waals surface area contributed by atoms with E-state index >= 15 is 0 Å². The third-order valence-electron chi connectivity index (χ3n) is 5.38. The van der Waals surface area contributed by atoms with Crippen LogP contribution < -0.4 is 4.90 Å². The Morgan fingerprint density at radius 2 is 2.09 bits per heavy atom. The number of quaternary nitrogens is 1. The van der Waals surface area contributed by atoms with Crippen molar-refractivity contribution >= 4 is 5.91 Å². The highest BCUT2D eigenvalue weighted by Gasteiger charge is 2.32. The van der Waals surface area contributed by atoms with Gasteiger partial charge in [-0.15, -0.1) is 0 Å². The summed E-state index contributed by atoms with van der Waals surface area (Å²) in [4.78, 5) is 16.3. The maximum atomic E-state index is 12.7. The highest BCUT2D eigenvalue weighted by Crippen LogP contribution is 2.21. The number of aromatic hydroxyl groups is 1. The Kier molecular flexibility index (Phi) is 5.21. The number of carbonyl (C=O) groups excluding carboxylic acids is 1. The Labute approximate surface area is 139 Å². The summed E-state index contributed by atoms with van der Waals surface area (Å²) in [5, 5.41) is 9.56. The number of amides is 1. The van der Waals surface area contributed by atoms with Crippen LogP contribution in [0.15, 0.2) is 24.3 Å². The SMILES string of the molecule is C[C@@H]1CCCN(C(=O)C2CC[NH+](Cc3cccc(O)c3)CC2)C1. The molecule has 2 fully saturated rings. The number of hydrogen-bond acceptors (Lipinski definition) is 2. The fourth-order valence-corrected chi connectivity index (χ4v) is 4.05. The van der Waals surface area contributed by atoms with Crippen LogP contribution in [0.4, 0.5) is 0 Å². The van der Waals surface area contributed by atoms with E-state index in [0.29, 0.717) is 17.6 Å². The Morgan fingerprint density at radius 1 is 1.30 bits per heavy atom. The van der Waals surface area contributed by atoms with Gasteiger partial charge in [0.05, 0.1) is 13.1 Å². The van der Waals surface area contributed by atoms with Gasteiger partial charge in [0.2, 0.25) is 5.91 Å². The summed E-state index contributed by atoms with van der Waals surface area (Å²) in [5.74, 6) is 1.62. The number of benzene rings is 1. The molecule has 0 spiro atoms. The van der Waals surface area contributed by atoms with Crippen molar-refractivity contribution in [3.63, 3.8) is 0 Å². The van der Waals surface area contributed by atoms with E-state index in [-0.39, 0.29) is 5.92 Å². The molecule has 1 atom stereocenters. The van der Waals surface area contributed by atoms with Gasteiger partial charge in [0, 0.05) is 37.4 Å². The number of carbonyl (C=O) groups is 1. The van der Waals surface area contributed by atoms with Gasteiger partial charge in [0.1, 0.15) is 12.3 Å². The lowest BCUT2D eigenvalue weighted by atomic mass is 9.92. The third-order valence-corrected chi connectivity index (χ3v) is 5.38. The van der Waals surface area contributed by atoms with Gasteiger partial charge in [-0.05, 0) is 30.9 Å². The number of rotatable bonds is 3. The van der Waals surface area contributed by atoms with E-state index in [1.54, 1.807) is 6.07 Å². The average molecular weight is 317 g/mol. The van der Waals surface area contributed by atoms with Crippen LogP contribution in [0.25, 0.3) is 0 Å². The summed E-state index contributed by atoms with van der Waals surface area (Å²) in [7, 11) is 0. The van der Waals surface area contributed by atoms with E-state index in [1.165, 1.54) is 16.9 Å².